The summed E-state index contributed by atoms with van der Waals surface area (Å²) in [7, 11) is 0. The van der Waals surface area contributed by atoms with E-state index >= 15 is 0 Å². The van der Waals surface area contributed by atoms with E-state index < -0.39 is 0 Å². The molecule has 0 aliphatic carbocycles. The second-order valence-electron chi connectivity index (χ2n) is 5.30. The van der Waals surface area contributed by atoms with E-state index in [0.717, 1.165) is 27.3 Å². The Labute approximate surface area is 125 Å². The first-order valence-corrected chi connectivity index (χ1v) is 6.94. The number of nitrogens with two attached hydrogens (primary N) is 1. The molecule has 4 nitrogen and oxygen atoms in total. The Morgan fingerprint density at radius 1 is 1.09 bits per heavy atom. The van der Waals surface area contributed by atoms with Crippen LogP contribution in [0.2, 0.25) is 0 Å². The first-order chi connectivity index (χ1) is 10.6. The molecule has 4 aromatic rings. The summed E-state index contributed by atoms with van der Waals surface area (Å²) >= 11 is 0. The van der Waals surface area contributed by atoms with Crippen LogP contribution in [0, 0.1) is 12.7 Å². The number of benzene rings is 2. The maximum atomic E-state index is 13.7. The molecule has 2 aromatic carbocycles. The molecule has 0 unspecified atom stereocenters. The largest absolute Gasteiger partial charge is 0.383 e. The van der Waals surface area contributed by atoms with Gasteiger partial charge >= 0.3 is 0 Å². The quantitative estimate of drug-likeness (QED) is 0.560. The van der Waals surface area contributed by atoms with Crippen LogP contribution in [0.5, 0.6) is 0 Å². The molecular weight excluding hydrogens is 279 g/mol. The predicted octanol–water partition coefficient (Wildman–Crippen LogP) is 3.81. The van der Waals surface area contributed by atoms with Gasteiger partial charge < -0.3 is 5.73 Å². The van der Waals surface area contributed by atoms with Crippen molar-refractivity contribution >= 4 is 27.6 Å². The third-order valence-corrected chi connectivity index (χ3v) is 3.90. The van der Waals surface area contributed by atoms with E-state index in [1.54, 1.807) is 6.07 Å². The molecule has 108 valence electrons. The van der Waals surface area contributed by atoms with Crippen LogP contribution in [-0.4, -0.2) is 15.2 Å². The smallest absolute Gasteiger partial charge is 0.184 e. The van der Waals surface area contributed by atoms with Crippen molar-refractivity contribution in [1.29, 1.82) is 0 Å². The van der Waals surface area contributed by atoms with Gasteiger partial charge in [-0.05, 0) is 30.0 Å². The minimum absolute atomic E-state index is 0.284. The Morgan fingerprint density at radius 3 is 2.68 bits per heavy atom. The van der Waals surface area contributed by atoms with Gasteiger partial charge in [0.25, 0.3) is 0 Å². The lowest BCUT2D eigenvalue weighted by Gasteiger charge is -2.10. The van der Waals surface area contributed by atoms with Gasteiger partial charge in [-0.3, -0.25) is 5.10 Å². The second-order valence-corrected chi connectivity index (χ2v) is 5.30. The number of fused-ring (bicyclic) bond motifs is 3. The summed E-state index contributed by atoms with van der Waals surface area (Å²) in [5.74, 6) is 0.203. The Balaban J connectivity index is 2.19. The average Bonchev–Trinajstić information content (AvgIpc) is 2.90. The third-order valence-electron chi connectivity index (χ3n) is 3.90. The minimum atomic E-state index is -0.284. The summed E-state index contributed by atoms with van der Waals surface area (Å²) < 4.78 is 13.7. The summed E-state index contributed by atoms with van der Waals surface area (Å²) in [4.78, 5) is 4.61. The fourth-order valence-electron chi connectivity index (χ4n) is 2.82. The van der Waals surface area contributed by atoms with Gasteiger partial charge in [-0.2, -0.15) is 5.10 Å². The molecule has 5 heteroatoms. The molecule has 0 amide bonds. The number of nitrogen functional groups attached to an aromatic ring is 1. The Hall–Kier alpha value is -2.95. The van der Waals surface area contributed by atoms with Crippen molar-refractivity contribution in [3.8, 4) is 11.3 Å². The van der Waals surface area contributed by atoms with Gasteiger partial charge in [0.15, 0.2) is 5.65 Å². The van der Waals surface area contributed by atoms with Crippen molar-refractivity contribution in [2.45, 2.75) is 6.92 Å². The zero-order chi connectivity index (χ0) is 15.3. The SMILES string of the molecule is Cc1ccc(F)cc1-c1nc2n[nH]c(N)c2c2ccccc12. The zero-order valence-electron chi connectivity index (χ0n) is 11.9. The van der Waals surface area contributed by atoms with Crippen LogP contribution in [0.15, 0.2) is 42.5 Å². The van der Waals surface area contributed by atoms with Gasteiger partial charge in [0, 0.05) is 10.9 Å². The first-order valence-electron chi connectivity index (χ1n) is 6.94. The Morgan fingerprint density at radius 2 is 1.86 bits per heavy atom. The van der Waals surface area contributed by atoms with Gasteiger partial charge in [-0.15, -0.1) is 0 Å². The van der Waals surface area contributed by atoms with Crippen LogP contribution in [-0.2, 0) is 0 Å². The molecule has 0 bridgehead atoms. The van der Waals surface area contributed by atoms with Crippen molar-refractivity contribution in [3.63, 3.8) is 0 Å². The monoisotopic (exact) mass is 292 g/mol. The molecule has 0 aliphatic heterocycles. The predicted molar refractivity (Wildman–Crippen MR) is 85.9 cm³/mol. The number of halogens is 1. The number of H-pyrrole nitrogens is 1. The number of anilines is 1. The van der Waals surface area contributed by atoms with Crippen molar-refractivity contribution in [1.82, 2.24) is 15.2 Å². The summed E-state index contributed by atoms with van der Waals surface area (Å²) in [5.41, 5.74) is 8.94. The number of nitrogens with zero attached hydrogens (tertiary/aromatic N) is 2. The molecule has 2 aromatic heterocycles. The van der Waals surface area contributed by atoms with Crippen LogP contribution in [0.25, 0.3) is 33.1 Å². The van der Waals surface area contributed by atoms with Crippen LogP contribution in [0.4, 0.5) is 10.2 Å². The van der Waals surface area contributed by atoms with Crippen molar-refractivity contribution in [3.05, 3.63) is 53.8 Å². The fourth-order valence-corrected chi connectivity index (χ4v) is 2.82. The van der Waals surface area contributed by atoms with Gasteiger partial charge in [-0.25, -0.2) is 9.37 Å². The zero-order valence-corrected chi connectivity index (χ0v) is 11.9. The molecule has 0 aliphatic rings. The normalized spacial score (nSPS) is 11.4. The standard InChI is InChI=1S/C17H13FN4/c1-9-6-7-10(18)8-13(9)15-12-5-3-2-4-11(12)14-16(19)21-22-17(14)20-15/h2-8H,1H3,(H3,19,20,21,22). The highest BCUT2D eigenvalue weighted by atomic mass is 19.1. The molecule has 0 radical (unpaired) electrons. The average molecular weight is 292 g/mol. The van der Waals surface area contributed by atoms with Crippen LogP contribution in [0.3, 0.4) is 0 Å². The molecule has 2 heterocycles. The van der Waals surface area contributed by atoms with E-state index in [4.69, 9.17) is 5.73 Å². The van der Waals surface area contributed by atoms with Gasteiger partial charge in [0.2, 0.25) is 0 Å². The molecule has 0 atom stereocenters. The van der Waals surface area contributed by atoms with Crippen molar-refractivity contribution < 1.29 is 4.39 Å². The fraction of sp³-hybridized carbons (Fsp3) is 0.0588. The number of aryl methyl sites for hydroxylation is 1. The minimum Gasteiger partial charge on any atom is -0.383 e. The number of pyridine rings is 1. The van der Waals surface area contributed by atoms with Gasteiger partial charge in [0.05, 0.1) is 11.1 Å². The van der Waals surface area contributed by atoms with E-state index in [0.29, 0.717) is 17.2 Å². The van der Waals surface area contributed by atoms with Crippen LogP contribution >= 0.6 is 0 Å². The maximum Gasteiger partial charge on any atom is 0.184 e. The number of rotatable bonds is 1. The highest BCUT2D eigenvalue weighted by Gasteiger charge is 2.15. The van der Waals surface area contributed by atoms with Crippen molar-refractivity contribution in [2.24, 2.45) is 0 Å². The van der Waals surface area contributed by atoms with E-state index in [2.05, 4.69) is 15.2 Å². The summed E-state index contributed by atoms with van der Waals surface area (Å²) in [5, 5.41) is 9.60. The number of hydrogen-bond donors (Lipinski definition) is 2. The molecule has 0 spiro atoms. The molecular formula is C17H13FN4. The molecule has 0 saturated carbocycles. The summed E-state index contributed by atoms with van der Waals surface area (Å²) in [6.45, 7) is 1.94. The first kappa shape index (κ1) is 12.8. The lowest BCUT2D eigenvalue weighted by atomic mass is 9.98. The highest BCUT2D eigenvalue weighted by molar-refractivity contribution is 6.13. The lowest BCUT2D eigenvalue weighted by molar-refractivity contribution is 0.628. The van der Waals surface area contributed by atoms with E-state index in [1.165, 1.54) is 12.1 Å². The van der Waals surface area contributed by atoms with E-state index in [9.17, 15) is 4.39 Å². The number of aromatic amines is 1. The maximum absolute atomic E-state index is 13.7. The molecule has 4 rings (SSSR count). The van der Waals surface area contributed by atoms with E-state index in [-0.39, 0.29) is 5.82 Å². The molecule has 22 heavy (non-hydrogen) atoms. The van der Waals surface area contributed by atoms with Crippen LogP contribution in [0.1, 0.15) is 5.56 Å². The van der Waals surface area contributed by atoms with Gasteiger partial charge in [0.1, 0.15) is 11.6 Å². The molecule has 0 saturated heterocycles. The second kappa shape index (κ2) is 4.53. The summed E-state index contributed by atoms with van der Waals surface area (Å²) in [6, 6.07) is 12.5. The van der Waals surface area contributed by atoms with Crippen molar-refractivity contribution in [2.75, 3.05) is 5.73 Å². The number of nitrogens with one attached hydrogen (secondary N) is 1. The Kier molecular flexibility index (Phi) is 2.63. The third kappa shape index (κ3) is 1.75. The highest BCUT2D eigenvalue weighted by Crippen LogP contribution is 2.35. The van der Waals surface area contributed by atoms with E-state index in [1.807, 2.05) is 31.2 Å². The number of hydrogen-bond acceptors (Lipinski definition) is 3. The molecule has 0 fully saturated rings. The van der Waals surface area contributed by atoms with Crippen LogP contribution < -0.4 is 5.73 Å². The molecule has 3 N–H and O–H groups in total. The summed E-state index contributed by atoms with van der Waals surface area (Å²) in [6.07, 6.45) is 0. The number of aromatic nitrogens is 3. The van der Waals surface area contributed by atoms with Gasteiger partial charge in [-0.1, -0.05) is 30.3 Å². The topological polar surface area (TPSA) is 67.6 Å². The Bertz CT molecular complexity index is 1020. The lowest BCUT2D eigenvalue weighted by Crippen LogP contribution is -1.93.